The molecule has 0 unspecified atom stereocenters. The zero-order chi connectivity index (χ0) is 30.5. The molecule has 0 rings (SSSR count). The van der Waals surface area contributed by atoms with E-state index >= 15 is 0 Å². The Hall–Kier alpha value is -5.19. The zero-order valence-electron chi connectivity index (χ0n) is 20.2. The molecule has 0 aromatic rings. The lowest BCUT2D eigenvalue weighted by molar-refractivity contribution is -0.132. The van der Waals surface area contributed by atoms with Crippen molar-refractivity contribution >= 4 is 42.0 Å². The molecule has 5 N–H and O–H groups in total. The summed E-state index contributed by atoms with van der Waals surface area (Å²) in [5, 5.41) is 38.0. The van der Waals surface area contributed by atoms with E-state index < -0.39 is 29.8 Å². The molecule has 0 aromatic carbocycles. The lowest BCUT2D eigenvalue weighted by Crippen LogP contribution is -1.84. The van der Waals surface area contributed by atoms with Crippen molar-refractivity contribution < 1.29 is 59.1 Å². The fraction of sp³-hybridized carbons (Fsp3) is 0.261. The molecular weight excluding hydrogens is 496 g/mol. The Morgan fingerprint density at radius 3 is 0.757 bits per heavy atom. The van der Waals surface area contributed by atoms with Gasteiger partial charge in [-0.15, -0.1) is 0 Å². The first-order valence-electron chi connectivity index (χ1n) is 9.61. The van der Waals surface area contributed by atoms with Gasteiger partial charge < -0.3 is 25.5 Å². The third-order valence-corrected chi connectivity index (χ3v) is 2.29. The molecule has 0 fully saturated rings. The average molecular weight is 529 g/mol. The maximum Gasteiger partial charge on any atom is 0.327 e. The number of nitrogens with zero attached hydrogens (tertiary/aromatic N) is 2. The summed E-state index contributed by atoms with van der Waals surface area (Å²) < 4.78 is 0. The maximum absolute atomic E-state index is 9.63. The van der Waals surface area contributed by atoms with Gasteiger partial charge in [-0.2, -0.15) is 0 Å². The Morgan fingerprint density at radius 2 is 0.649 bits per heavy atom. The van der Waals surface area contributed by atoms with E-state index in [1.165, 1.54) is 12.2 Å². The first-order valence-corrected chi connectivity index (χ1v) is 9.61. The smallest absolute Gasteiger partial charge is 0.327 e. The predicted octanol–water partition coefficient (Wildman–Crippen LogP) is 2.50. The highest BCUT2D eigenvalue weighted by molar-refractivity contribution is 5.80. The lowest BCUT2D eigenvalue weighted by atomic mass is 10.2. The fourth-order valence-corrected chi connectivity index (χ4v) is 0.827. The molecule has 14 nitrogen and oxygen atoms in total. The number of carbonyl (C=O) groups excluding carboxylic acids is 2. The van der Waals surface area contributed by atoms with Crippen LogP contribution in [0.2, 0.25) is 0 Å². The minimum absolute atomic E-state index is 0.556. The summed E-state index contributed by atoms with van der Waals surface area (Å²) in [5.74, 6) is -4.91. The van der Waals surface area contributed by atoms with E-state index in [1.807, 2.05) is 0 Å². The number of aliphatic imine (C=N–C) groups is 2. The van der Waals surface area contributed by atoms with Gasteiger partial charge in [-0.25, -0.2) is 43.5 Å². The molecule has 0 aliphatic carbocycles. The highest BCUT2D eigenvalue weighted by Gasteiger charge is 1.87. The standard InChI is InChI=1S/C8H12N2O2.5C3H4O2/c11-7-9-5-3-1-2-4-6-10-8-12;5*1-2-3(4)5/h1-6H2;5*2H,1H2,(H,4,5). The Morgan fingerprint density at radius 1 is 0.486 bits per heavy atom. The topological polar surface area (TPSA) is 245 Å². The van der Waals surface area contributed by atoms with Gasteiger partial charge in [0, 0.05) is 30.4 Å². The summed E-state index contributed by atoms with van der Waals surface area (Å²) in [6.45, 7) is 15.9. The zero-order valence-corrected chi connectivity index (χ0v) is 20.2. The van der Waals surface area contributed by atoms with Crippen molar-refractivity contribution in [2.45, 2.75) is 25.7 Å². The first-order chi connectivity index (χ1) is 17.3. The van der Waals surface area contributed by atoms with Gasteiger partial charge in [0.15, 0.2) is 0 Å². The van der Waals surface area contributed by atoms with E-state index in [-0.39, 0.29) is 0 Å². The van der Waals surface area contributed by atoms with Crippen molar-refractivity contribution in [3.8, 4) is 0 Å². The number of carboxylic acid groups (broad SMARTS) is 5. The second-order valence-electron chi connectivity index (χ2n) is 5.07. The van der Waals surface area contributed by atoms with Crippen LogP contribution in [0.1, 0.15) is 25.7 Å². The van der Waals surface area contributed by atoms with Crippen molar-refractivity contribution in [2.24, 2.45) is 9.98 Å². The van der Waals surface area contributed by atoms with Gasteiger partial charge in [0.2, 0.25) is 12.2 Å². The van der Waals surface area contributed by atoms with Crippen molar-refractivity contribution in [3.63, 3.8) is 0 Å². The largest absolute Gasteiger partial charge is 0.478 e. The molecule has 0 atom stereocenters. The van der Waals surface area contributed by atoms with Crippen LogP contribution in [0, 0.1) is 0 Å². The molecule has 0 aliphatic heterocycles. The van der Waals surface area contributed by atoms with Gasteiger partial charge >= 0.3 is 29.8 Å². The third-order valence-electron chi connectivity index (χ3n) is 2.29. The average Bonchev–Trinajstić information content (AvgIpc) is 2.87. The first kappa shape index (κ1) is 45.3. The number of isocyanates is 2. The summed E-state index contributed by atoms with van der Waals surface area (Å²) in [4.78, 5) is 72.3. The van der Waals surface area contributed by atoms with Crippen LogP contribution in [0.4, 0.5) is 0 Å². The molecule has 0 amide bonds. The summed E-state index contributed by atoms with van der Waals surface area (Å²) in [7, 11) is 0. The van der Waals surface area contributed by atoms with E-state index in [0.29, 0.717) is 13.1 Å². The molecule has 0 aromatic heterocycles. The van der Waals surface area contributed by atoms with Crippen LogP contribution in [0.15, 0.2) is 73.3 Å². The number of unbranched alkanes of at least 4 members (excludes halogenated alkanes) is 3. The predicted molar refractivity (Wildman–Crippen MR) is 134 cm³/mol. The van der Waals surface area contributed by atoms with Gasteiger partial charge in [0.1, 0.15) is 0 Å². The summed E-state index contributed by atoms with van der Waals surface area (Å²) in [6.07, 6.45) is 11.0. The van der Waals surface area contributed by atoms with Crippen LogP contribution in [-0.2, 0) is 33.6 Å². The summed E-state index contributed by atoms with van der Waals surface area (Å²) in [6, 6.07) is 0. The molecule has 14 heteroatoms. The molecule has 0 bridgehead atoms. The monoisotopic (exact) mass is 528 g/mol. The Labute approximate surface area is 213 Å². The van der Waals surface area contributed by atoms with Crippen molar-refractivity contribution in [3.05, 3.63) is 63.3 Å². The van der Waals surface area contributed by atoms with Crippen LogP contribution >= 0.6 is 0 Å². The van der Waals surface area contributed by atoms with Gasteiger partial charge in [-0.05, 0) is 12.8 Å². The second-order valence-corrected chi connectivity index (χ2v) is 5.07. The highest BCUT2D eigenvalue weighted by Crippen LogP contribution is 1.99. The van der Waals surface area contributed by atoms with Gasteiger partial charge in [0.25, 0.3) is 0 Å². The van der Waals surface area contributed by atoms with Crippen LogP contribution in [0.5, 0.6) is 0 Å². The van der Waals surface area contributed by atoms with Crippen LogP contribution < -0.4 is 0 Å². The molecule has 0 heterocycles. The van der Waals surface area contributed by atoms with Crippen molar-refractivity contribution in [1.82, 2.24) is 0 Å². The van der Waals surface area contributed by atoms with E-state index in [9.17, 15) is 33.6 Å². The van der Waals surface area contributed by atoms with E-state index in [2.05, 4.69) is 42.9 Å². The molecule has 0 aliphatic rings. The number of hydrogen-bond donors (Lipinski definition) is 5. The van der Waals surface area contributed by atoms with Gasteiger partial charge in [0.05, 0.1) is 13.1 Å². The molecular formula is C23H32N2O12. The van der Waals surface area contributed by atoms with E-state index in [4.69, 9.17) is 25.5 Å². The Bertz CT molecular complexity index is 680. The second kappa shape index (κ2) is 44.5. The van der Waals surface area contributed by atoms with Gasteiger partial charge in [-0.3, -0.25) is 0 Å². The molecule has 0 saturated heterocycles. The molecule has 37 heavy (non-hydrogen) atoms. The molecule has 0 radical (unpaired) electrons. The van der Waals surface area contributed by atoms with Crippen molar-refractivity contribution in [2.75, 3.05) is 13.1 Å². The number of carboxylic acids is 5. The molecule has 206 valence electrons. The normalized spacial score (nSPS) is 7.03. The van der Waals surface area contributed by atoms with Crippen LogP contribution in [0.3, 0.4) is 0 Å². The fourth-order valence-electron chi connectivity index (χ4n) is 0.827. The van der Waals surface area contributed by atoms with E-state index in [0.717, 1.165) is 56.1 Å². The number of rotatable bonds is 12. The maximum atomic E-state index is 9.63. The molecule has 0 saturated carbocycles. The summed E-state index contributed by atoms with van der Waals surface area (Å²) >= 11 is 0. The SMILES string of the molecule is C=CC(=O)O.C=CC(=O)O.C=CC(=O)O.C=CC(=O)O.C=CC(=O)O.O=C=NCCCCCCN=C=O. The number of hydrogen-bond acceptors (Lipinski definition) is 9. The van der Waals surface area contributed by atoms with Gasteiger partial charge in [-0.1, -0.05) is 45.7 Å². The van der Waals surface area contributed by atoms with Crippen LogP contribution in [0.25, 0.3) is 0 Å². The minimum atomic E-state index is -0.981. The Balaban J connectivity index is -0.0000000825. The highest BCUT2D eigenvalue weighted by atomic mass is 16.4. The lowest BCUT2D eigenvalue weighted by Gasteiger charge is -1.93. The summed E-state index contributed by atoms with van der Waals surface area (Å²) in [5.41, 5.74) is 0. The van der Waals surface area contributed by atoms with Crippen LogP contribution in [-0.4, -0.2) is 80.6 Å². The third kappa shape index (κ3) is 134. The quantitative estimate of drug-likeness (QED) is 0.106. The number of aliphatic carboxylic acids is 5. The molecule has 0 spiro atoms. The van der Waals surface area contributed by atoms with E-state index in [1.54, 1.807) is 0 Å². The number of carbonyl (C=O) groups is 5. The minimum Gasteiger partial charge on any atom is -0.478 e. The van der Waals surface area contributed by atoms with Crippen molar-refractivity contribution in [1.29, 1.82) is 0 Å². The Kier molecular flexibility index (Phi) is 54.5.